The molecule has 1 saturated heterocycles. The number of alkyl halides is 3. The number of methoxy groups -OCH3 is 1. The lowest BCUT2D eigenvalue weighted by Gasteiger charge is -2.26. The second-order valence-electron chi connectivity index (χ2n) is 8.46. The molecule has 1 aromatic heterocycles. The van der Waals surface area contributed by atoms with E-state index in [1.807, 2.05) is 13.0 Å². The Labute approximate surface area is 216 Å². The third kappa shape index (κ3) is 5.68. The summed E-state index contributed by atoms with van der Waals surface area (Å²) >= 11 is 12.4. The van der Waals surface area contributed by atoms with Crippen LogP contribution in [0.3, 0.4) is 0 Å². The predicted molar refractivity (Wildman–Crippen MR) is 129 cm³/mol. The zero-order valence-corrected chi connectivity index (χ0v) is 20.8. The molecule has 3 atom stereocenters. The molecule has 11 heteroatoms. The van der Waals surface area contributed by atoms with Crippen molar-refractivity contribution < 1.29 is 27.4 Å². The van der Waals surface area contributed by atoms with Crippen molar-refractivity contribution >= 4 is 29.1 Å². The number of aromatic nitrogens is 2. The summed E-state index contributed by atoms with van der Waals surface area (Å²) in [6.45, 7) is 2.54. The minimum atomic E-state index is -4.43. The highest BCUT2D eigenvalue weighted by Crippen LogP contribution is 2.39. The molecule has 3 aromatic rings. The normalized spacial score (nSPS) is 18.7. The van der Waals surface area contributed by atoms with Gasteiger partial charge < -0.3 is 14.4 Å². The first-order valence-electron chi connectivity index (χ1n) is 11.0. The lowest BCUT2D eigenvalue weighted by atomic mass is 9.85. The maximum Gasteiger partial charge on any atom is 0.416 e. The summed E-state index contributed by atoms with van der Waals surface area (Å²) in [6.07, 6.45) is -2.07. The molecule has 190 valence electrons. The summed E-state index contributed by atoms with van der Waals surface area (Å²) in [6, 6.07) is 10.00. The molecular weight excluding hydrogens is 518 g/mol. The minimum Gasteiger partial charge on any atom is -0.490 e. The van der Waals surface area contributed by atoms with Crippen LogP contribution in [0.15, 0.2) is 54.9 Å². The van der Waals surface area contributed by atoms with Gasteiger partial charge in [0.05, 0.1) is 28.3 Å². The van der Waals surface area contributed by atoms with Gasteiger partial charge in [0.15, 0.2) is 0 Å². The number of hydrogen-bond donors (Lipinski definition) is 0. The molecule has 0 unspecified atom stereocenters. The van der Waals surface area contributed by atoms with E-state index in [4.69, 9.17) is 32.7 Å². The van der Waals surface area contributed by atoms with E-state index in [0.717, 1.165) is 17.7 Å². The molecule has 0 saturated carbocycles. The van der Waals surface area contributed by atoms with Crippen LogP contribution >= 0.6 is 23.2 Å². The van der Waals surface area contributed by atoms with Crippen molar-refractivity contribution in [3.63, 3.8) is 0 Å². The summed E-state index contributed by atoms with van der Waals surface area (Å²) in [5.41, 5.74) is 0.426. The van der Waals surface area contributed by atoms with Crippen molar-refractivity contribution in [1.29, 1.82) is 0 Å². The molecule has 1 aliphatic heterocycles. The number of nitrogens with zero attached hydrogens (tertiary/aromatic N) is 3. The number of carbonyl (C=O) groups excluding carboxylic acids is 1. The topological polar surface area (TPSA) is 64.5 Å². The quantitative estimate of drug-likeness (QED) is 0.376. The van der Waals surface area contributed by atoms with Crippen LogP contribution in [-0.4, -0.2) is 47.1 Å². The zero-order valence-electron chi connectivity index (χ0n) is 19.3. The minimum absolute atomic E-state index is 0.151. The molecule has 0 radical (unpaired) electrons. The fraction of sp³-hybridized carbons (Fsp3) is 0.320. The van der Waals surface area contributed by atoms with Gasteiger partial charge in [-0.25, -0.2) is 9.97 Å². The molecule has 2 heterocycles. The standard InChI is InChI=1S/C25H22Cl2F3N3O3/c1-14(36-18-6-4-17(5-7-18)25(28,29)30)19-12-33(23(34)16-10-31-24(35-2)32-11-16)13-20(19)15-3-8-21(26)22(27)9-15/h3-11,14,19-20H,12-13H2,1-2H3/t14-,19+,20+/m1/s1. The summed E-state index contributed by atoms with van der Waals surface area (Å²) in [5, 5.41) is 0.796. The third-order valence-electron chi connectivity index (χ3n) is 6.19. The van der Waals surface area contributed by atoms with E-state index in [9.17, 15) is 18.0 Å². The van der Waals surface area contributed by atoms with Gasteiger partial charge in [0, 0.05) is 37.3 Å². The summed E-state index contributed by atoms with van der Waals surface area (Å²) < 4.78 is 49.7. The van der Waals surface area contributed by atoms with Gasteiger partial charge in [-0.3, -0.25) is 4.79 Å². The van der Waals surface area contributed by atoms with Crippen molar-refractivity contribution in [1.82, 2.24) is 14.9 Å². The van der Waals surface area contributed by atoms with Crippen LogP contribution < -0.4 is 9.47 Å². The van der Waals surface area contributed by atoms with Gasteiger partial charge in [0.2, 0.25) is 0 Å². The van der Waals surface area contributed by atoms with E-state index < -0.39 is 17.8 Å². The van der Waals surface area contributed by atoms with Crippen molar-refractivity contribution in [2.24, 2.45) is 5.92 Å². The molecule has 6 nitrogen and oxygen atoms in total. The molecular formula is C25H22Cl2F3N3O3. The predicted octanol–water partition coefficient (Wildman–Crippen LogP) is 6.13. The van der Waals surface area contributed by atoms with Gasteiger partial charge in [0.25, 0.3) is 5.91 Å². The summed E-state index contributed by atoms with van der Waals surface area (Å²) in [5.74, 6) is -0.302. The van der Waals surface area contributed by atoms with Crippen molar-refractivity contribution in [2.75, 3.05) is 20.2 Å². The highest BCUT2D eigenvalue weighted by atomic mass is 35.5. The van der Waals surface area contributed by atoms with Crippen LogP contribution in [0.5, 0.6) is 11.8 Å². The van der Waals surface area contributed by atoms with E-state index in [2.05, 4.69) is 9.97 Å². The summed E-state index contributed by atoms with van der Waals surface area (Å²) in [7, 11) is 1.43. The molecule has 1 fully saturated rings. The SMILES string of the molecule is COc1ncc(C(=O)N2C[C@@H]([C@@H](C)Oc3ccc(C(F)(F)F)cc3)[C@H](c3ccc(Cl)c(Cl)c3)C2)cn1. The number of rotatable bonds is 6. The Kier molecular flexibility index (Phi) is 7.61. The lowest BCUT2D eigenvalue weighted by molar-refractivity contribution is -0.137. The van der Waals surface area contributed by atoms with Crippen molar-refractivity contribution in [3.05, 3.63) is 81.6 Å². The molecule has 0 aliphatic carbocycles. The molecule has 0 N–H and O–H groups in total. The maximum absolute atomic E-state index is 13.2. The zero-order chi connectivity index (χ0) is 26.0. The fourth-order valence-corrected chi connectivity index (χ4v) is 4.61. The first kappa shape index (κ1) is 26.0. The monoisotopic (exact) mass is 539 g/mol. The second kappa shape index (κ2) is 10.5. The average molecular weight is 540 g/mol. The number of likely N-dealkylation sites (tertiary alicyclic amines) is 1. The van der Waals surface area contributed by atoms with Gasteiger partial charge >= 0.3 is 12.2 Å². The largest absolute Gasteiger partial charge is 0.490 e. The van der Waals surface area contributed by atoms with Gasteiger partial charge in [-0.1, -0.05) is 29.3 Å². The van der Waals surface area contributed by atoms with E-state index >= 15 is 0 Å². The van der Waals surface area contributed by atoms with Crippen molar-refractivity contribution in [2.45, 2.75) is 25.1 Å². The molecule has 1 aliphatic rings. The van der Waals surface area contributed by atoms with Crippen LogP contribution in [-0.2, 0) is 6.18 Å². The van der Waals surface area contributed by atoms with Crippen LogP contribution in [0.1, 0.15) is 34.3 Å². The first-order valence-corrected chi connectivity index (χ1v) is 11.8. The Morgan fingerprint density at radius 1 is 1.06 bits per heavy atom. The van der Waals surface area contributed by atoms with E-state index in [-0.39, 0.29) is 23.8 Å². The number of halogens is 5. The van der Waals surface area contributed by atoms with Crippen LogP contribution in [0.25, 0.3) is 0 Å². The molecule has 4 rings (SSSR count). The Bertz CT molecular complexity index is 1220. The van der Waals surface area contributed by atoms with Gasteiger partial charge in [-0.15, -0.1) is 0 Å². The highest BCUT2D eigenvalue weighted by molar-refractivity contribution is 6.42. The molecule has 36 heavy (non-hydrogen) atoms. The third-order valence-corrected chi connectivity index (χ3v) is 6.93. The van der Waals surface area contributed by atoms with E-state index in [1.165, 1.54) is 31.6 Å². The number of benzene rings is 2. The molecule has 1 amide bonds. The first-order chi connectivity index (χ1) is 17.1. The Hall–Kier alpha value is -3.04. The smallest absolute Gasteiger partial charge is 0.416 e. The van der Waals surface area contributed by atoms with Gasteiger partial charge in [-0.2, -0.15) is 13.2 Å². The Morgan fingerprint density at radius 3 is 2.31 bits per heavy atom. The van der Waals surface area contributed by atoms with Crippen LogP contribution in [0.4, 0.5) is 13.2 Å². The molecule has 0 bridgehead atoms. The fourth-order valence-electron chi connectivity index (χ4n) is 4.31. The molecule has 0 spiro atoms. The number of hydrogen-bond acceptors (Lipinski definition) is 5. The Balaban J connectivity index is 1.58. The lowest BCUT2D eigenvalue weighted by Crippen LogP contribution is -2.32. The second-order valence-corrected chi connectivity index (χ2v) is 9.27. The van der Waals surface area contributed by atoms with Gasteiger partial charge in [-0.05, 0) is 48.9 Å². The number of carbonyl (C=O) groups is 1. The van der Waals surface area contributed by atoms with E-state index in [0.29, 0.717) is 34.4 Å². The Morgan fingerprint density at radius 2 is 1.72 bits per heavy atom. The number of ether oxygens (including phenoxy) is 2. The van der Waals surface area contributed by atoms with Crippen molar-refractivity contribution in [3.8, 4) is 11.8 Å². The van der Waals surface area contributed by atoms with E-state index in [1.54, 1.807) is 17.0 Å². The van der Waals surface area contributed by atoms with Crippen LogP contribution in [0, 0.1) is 5.92 Å². The number of amides is 1. The maximum atomic E-state index is 13.2. The van der Waals surface area contributed by atoms with Crippen LogP contribution in [0.2, 0.25) is 10.0 Å². The average Bonchev–Trinajstić information content (AvgIpc) is 3.31. The summed E-state index contributed by atoms with van der Waals surface area (Å²) in [4.78, 5) is 22.9. The van der Waals surface area contributed by atoms with Gasteiger partial charge in [0.1, 0.15) is 11.9 Å². The highest BCUT2D eigenvalue weighted by Gasteiger charge is 2.41. The molecule has 2 aromatic carbocycles.